The summed E-state index contributed by atoms with van der Waals surface area (Å²) in [5, 5.41) is 9.11. The second-order valence-corrected chi connectivity index (χ2v) is 3.62. The number of nitrogens with zero attached hydrogens (tertiary/aromatic N) is 2. The van der Waals surface area contributed by atoms with E-state index in [2.05, 4.69) is 9.97 Å². The summed E-state index contributed by atoms with van der Waals surface area (Å²) in [5.74, 6) is 0.605. The Morgan fingerprint density at radius 3 is 2.65 bits per heavy atom. The van der Waals surface area contributed by atoms with Crippen molar-refractivity contribution in [2.75, 3.05) is 0 Å². The number of hydrogen-bond donors (Lipinski definition) is 1. The molecule has 2 rings (SSSR count). The van der Waals surface area contributed by atoms with Gasteiger partial charge in [-0.25, -0.2) is 9.97 Å². The van der Waals surface area contributed by atoms with Crippen LogP contribution >= 0.6 is 0 Å². The minimum absolute atomic E-state index is 0.0227. The minimum Gasteiger partial charge on any atom is -0.505 e. The maximum Gasteiger partial charge on any atom is 0.162 e. The van der Waals surface area contributed by atoms with Crippen molar-refractivity contribution in [2.24, 2.45) is 0 Å². The highest BCUT2D eigenvalue weighted by Crippen LogP contribution is 2.18. The summed E-state index contributed by atoms with van der Waals surface area (Å²) in [7, 11) is 0. The molecule has 17 heavy (non-hydrogen) atoms. The van der Waals surface area contributed by atoms with Gasteiger partial charge in [0.25, 0.3) is 0 Å². The average molecular weight is 228 g/mol. The van der Waals surface area contributed by atoms with Gasteiger partial charge in [0.2, 0.25) is 0 Å². The van der Waals surface area contributed by atoms with Gasteiger partial charge < -0.3 is 5.11 Å². The number of rotatable bonds is 3. The Morgan fingerprint density at radius 1 is 1.29 bits per heavy atom. The van der Waals surface area contributed by atoms with E-state index in [1.807, 2.05) is 13.0 Å². The zero-order chi connectivity index (χ0) is 12.3. The van der Waals surface area contributed by atoms with Gasteiger partial charge in [0.1, 0.15) is 0 Å². The van der Waals surface area contributed by atoms with Crippen molar-refractivity contribution in [2.45, 2.75) is 13.3 Å². The molecule has 1 N–H and O–H groups in total. The second kappa shape index (κ2) is 4.74. The molecular weight excluding hydrogens is 216 g/mol. The van der Waals surface area contributed by atoms with E-state index < -0.39 is 0 Å². The first-order valence-electron chi connectivity index (χ1n) is 5.35. The summed E-state index contributed by atoms with van der Waals surface area (Å²) >= 11 is 0. The quantitative estimate of drug-likeness (QED) is 0.819. The molecule has 1 aromatic carbocycles. The molecule has 0 aliphatic heterocycles. The number of ketones is 1. The topological polar surface area (TPSA) is 63.1 Å². The van der Waals surface area contributed by atoms with Crippen LogP contribution in [0.25, 0.3) is 11.4 Å². The Morgan fingerprint density at radius 2 is 2.00 bits per heavy atom. The number of aromatic nitrogens is 2. The van der Waals surface area contributed by atoms with E-state index in [9.17, 15) is 4.79 Å². The van der Waals surface area contributed by atoms with Crippen molar-refractivity contribution in [3.05, 3.63) is 42.2 Å². The molecular formula is C13H12N2O2. The van der Waals surface area contributed by atoms with Crippen molar-refractivity contribution in [1.82, 2.24) is 9.97 Å². The third-order valence-electron chi connectivity index (χ3n) is 2.40. The average Bonchev–Trinajstić information content (AvgIpc) is 2.39. The molecule has 0 unspecified atom stereocenters. The molecule has 2 aromatic rings. The van der Waals surface area contributed by atoms with Gasteiger partial charge in [-0.1, -0.05) is 25.1 Å². The summed E-state index contributed by atoms with van der Waals surface area (Å²) < 4.78 is 0. The molecule has 0 fully saturated rings. The molecule has 4 heteroatoms. The van der Waals surface area contributed by atoms with Crippen LogP contribution in [0, 0.1) is 0 Å². The van der Waals surface area contributed by atoms with Crippen molar-refractivity contribution in [3.63, 3.8) is 0 Å². The summed E-state index contributed by atoms with van der Waals surface area (Å²) in [6, 6.07) is 7.17. The van der Waals surface area contributed by atoms with Crippen LogP contribution in [0.1, 0.15) is 23.7 Å². The van der Waals surface area contributed by atoms with Gasteiger partial charge >= 0.3 is 0 Å². The molecule has 0 aliphatic rings. The molecule has 0 bridgehead atoms. The summed E-state index contributed by atoms with van der Waals surface area (Å²) in [5.41, 5.74) is 1.42. The van der Waals surface area contributed by atoms with Crippen molar-refractivity contribution >= 4 is 5.78 Å². The number of hydrogen-bond acceptors (Lipinski definition) is 4. The summed E-state index contributed by atoms with van der Waals surface area (Å²) in [6.45, 7) is 1.83. The number of Topliss-reactive ketones (excluding diaryl/α,β-unsaturated/α-hetero) is 1. The smallest absolute Gasteiger partial charge is 0.162 e. The first kappa shape index (κ1) is 11.3. The van der Waals surface area contributed by atoms with Gasteiger partial charge in [-0.3, -0.25) is 4.79 Å². The van der Waals surface area contributed by atoms with Gasteiger partial charge in [-0.15, -0.1) is 0 Å². The molecule has 1 aromatic heterocycles. The van der Waals surface area contributed by atoms with Crippen LogP contribution in [0.4, 0.5) is 0 Å². The van der Waals surface area contributed by atoms with Crippen LogP contribution in [0.3, 0.4) is 0 Å². The first-order valence-corrected chi connectivity index (χ1v) is 5.35. The maximum atomic E-state index is 11.6. The number of benzene rings is 1. The third kappa shape index (κ3) is 2.47. The lowest BCUT2D eigenvalue weighted by atomic mass is 10.1. The first-order chi connectivity index (χ1) is 8.20. The monoisotopic (exact) mass is 228 g/mol. The molecule has 4 nitrogen and oxygen atoms in total. The maximum absolute atomic E-state index is 11.6. The minimum atomic E-state index is 0.0227. The Kier molecular flexibility index (Phi) is 3.14. The van der Waals surface area contributed by atoms with Crippen molar-refractivity contribution in [1.29, 1.82) is 0 Å². The second-order valence-electron chi connectivity index (χ2n) is 3.62. The largest absolute Gasteiger partial charge is 0.505 e. The zero-order valence-electron chi connectivity index (χ0n) is 9.42. The van der Waals surface area contributed by atoms with Crippen LogP contribution in [-0.4, -0.2) is 20.9 Å². The molecule has 0 saturated carbocycles. The molecule has 86 valence electrons. The predicted molar refractivity (Wildman–Crippen MR) is 63.8 cm³/mol. The Balaban J connectivity index is 2.39. The molecule has 0 radical (unpaired) electrons. The third-order valence-corrected chi connectivity index (χ3v) is 2.40. The highest BCUT2D eigenvalue weighted by atomic mass is 16.3. The van der Waals surface area contributed by atoms with Crippen LogP contribution < -0.4 is 0 Å². The zero-order valence-corrected chi connectivity index (χ0v) is 9.42. The van der Waals surface area contributed by atoms with Gasteiger partial charge in [0.05, 0.1) is 12.4 Å². The van der Waals surface area contributed by atoms with E-state index in [0.29, 0.717) is 17.8 Å². The fraction of sp³-hybridized carbons (Fsp3) is 0.154. The fourth-order valence-corrected chi connectivity index (χ4v) is 1.51. The fourth-order valence-electron chi connectivity index (χ4n) is 1.51. The molecule has 0 atom stereocenters. The molecule has 0 spiro atoms. The lowest BCUT2D eigenvalue weighted by molar-refractivity contribution is 0.0988. The van der Waals surface area contributed by atoms with E-state index in [1.54, 1.807) is 18.2 Å². The number of carbonyl (C=O) groups is 1. The van der Waals surface area contributed by atoms with E-state index >= 15 is 0 Å². The standard InChI is InChI=1S/C13H12N2O2/c1-2-12(17)9-4-3-5-10(6-9)13-14-7-11(16)8-15-13/h3-8,16H,2H2,1H3. The lowest BCUT2D eigenvalue weighted by Crippen LogP contribution is -1.97. The number of aromatic hydroxyl groups is 1. The number of carbonyl (C=O) groups excluding carboxylic acids is 1. The normalized spacial score (nSPS) is 10.2. The van der Waals surface area contributed by atoms with E-state index in [0.717, 1.165) is 5.56 Å². The highest BCUT2D eigenvalue weighted by Gasteiger charge is 2.06. The van der Waals surface area contributed by atoms with E-state index in [1.165, 1.54) is 12.4 Å². The van der Waals surface area contributed by atoms with Crippen molar-refractivity contribution in [3.8, 4) is 17.1 Å². The Bertz CT molecular complexity index is 535. The van der Waals surface area contributed by atoms with Crippen molar-refractivity contribution < 1.29 is 9.90 Å². The molecule has 0 amide bonds. The SMILES string of the molecule is CCC(=O)c1cccc(-c2ncc(O)cn2)c1. The van der Waals surface area contributed by atoms with Gasteiger partial charge in [-0.2, -0.15) is 0 Å². The molecule has 0 saturated heterocycles. The van der Waals surface area contributed by atoms with Gasteiger partial charge in [0.15, 0.2) is 17.4 Å². The highest BCUT2D eigenvalue weighted by molar-refractivity contribution is 5.96. The molecule has 0 aliphatic carbocycles. The molecule has 1 heterocycles. The van der Waals surface area contributed by atoms with Crippen LogP contribution in [-0.2, 0) is 0 Å². The van der Waals surface area contributed by atoms with Gasteiger partial charge in [-0.05, 0) is 6.07 Å². The lowest BCUT2D eigenvalue weighted by Gasteiger charge is -2.02. The van der Waals surface area contributed by atoms with Crippen LogP contribution in [0.5, 0.6) is 5.75 Å². The predicted octanol–water partition coefficient (Wildman–Crippen LogP) is 2.44. The van der Waals surface area contributed by atoms with Gasteiger partial charge in [0, 0.05) is 17.5 Å². The van der Waals surface area contributed by atoms with Crippen LogP contribution in [0.2, 0.25) is 0 Å². The Hall–Kier alpha value is -2.23. The van der Waals surface area contributed by atoms with E-state index in [4.69, 9.17) is 5.11 Å². The van der Waals surface area contributed by atoms with E-state index in [-0.39, 0.29) is 11.5 Å². The summed E-state index contributed by atoms with van der Waals surface area (Å²) in [4.78, 5) is 19.6. The van der Waals surface area contributed by atoms with Crippen LogP contribution in [0.15, 0.2) is 36.7 Å². The summed E-state index contributed by atoms with van der Waals surface area (Å²) in [6.07, 6.45) is 3.13. The Labute approximate surface area is 99.0 Å².